The number of benzene rings is 2. The van der Waals surface area contributed by atoms with Crippen LogP contribution < -0.4 is 9.86 Å². The van der Waals surface area contributed by atoms with Crippen LogP contribution in [0.25, 0.3) is 16.9 Å². The predicted octanol–water partition coefficient (Wildman–Crippen LogP) is 2.63. The van der Waals surface area contributed by atoms with Crippen LogP contribution in [0.1, 0.15) is 5.56 Å². The summed E-state index contributed by atoms with van der Waals surface area (Å²) >= 11 is 0. The number of nitrogens with zero attached hydrogens (tertiary/aromatic N) is 2. The largest absolute Gasteiger partial charge is 0.505 e. The summed E-state index contributed by atoms with van der Waals surface area (Å²) in [7, 11) is 0. The van der Waals surface area contributed by atoms with Crippen molar-refractivity contribution < 1.29 is 9.62 Å². The third kappa shape index (κ3) is 1.95. The van der Waals surface area contributed by atoms with Crippen LogP contribution in [0.4, 0.5) is 0 Å². The molecule has 0 aliphatic carbocycles. The van der Waals surface area contributed by atoms with E-state index in [0.717, 1.165) is 22.0 Å². The van der Waals surface area contributed by atoms with Gasteiger partial charge in [0, 0.05) is 11.6 Å². The average molecular weight is 287 g/mol. The van der Waals surface area contributed by atoms with Crippen molar-refractivity contribution in [3.05, 3.63) is 96.2 Å². The monoisotopic (exact) mass is 287 g/mol. The van der Waals surface area contributed by atoms with Crippen molar-refractivity contribution in [2.75, 3.05) is 0 Å². The summed E-state index contributed by atoms with van der Waals surface area (Å²) in [6.45, 7) is 0. The fraction of sp³-hybridized carbons (Fsp3) is 0. The van der Waals surface area contributed by atoms with Gasteiger partial charge >= 0.3 is 0 Å². The number of hydrogen-bond acceptors (Lipinski definition) is 1. The molecule has 4 aromatic rings. The minimum atomic E-state index is 0.276. The first-order chi connectivity index (χ1) is 10.8. The van der Waals surface area contributed by atoms with Gasteiger partial charge in [-0.05, 0) is 5.56 Å². The summed E-state index contributed by atoms with van der Waals surface area (Å²) in [6, 6.07) is 21.7. The fourth-order valence-corrected chi connectivity index (χ4v) is 2.77. The number of aliphatic hydroxyl groups is 1. The minimum absolute atomic E-state index is 0.276. The van der Waals surface area contributed by atoms with Crippen LogP contribution in [0.15, 0.2) is 85.3 Å². The molecule has 0 aliphatic rings. The van der Waals surface area contributed by atoms with Gasteiger partial charge in [0.1, 0.15) is 0 Å². The van der Waals surface area contributed by atoms with Gasteiger partial charge in [0.15, 0.2) is 11.1 Å². The van der Waals surface area contributed by atoms with Crippen LogP contribution >= 0.6 is 0 Å². The van der Waals surface area contributed by atoms with E-state index >= 15 is 0 Å². The normalized spacial score (nSPS) is 12.5. The molecule has 4 rings (SSSR count). The summed E-state index contributed by atoms with van der Waals surface area (Å²) in [4.78, 5) is 0. The van der Waals surface area contributed by atoms with E-state index in [4.69, 9.17) is 0 Å². The molecule has 1 N–H and O–H groups in total. The maximum Gasteiger partial charge on any atom is 0.210 e. The second kappa shape index (κ2) is 5.04. The first-order valence-corrected chi connectivity index (χ1v) is 7.20. The highest BCUT2D eigenvalue weighted by Gasteiger charge is 2.17. The topological polar surface area (TPSA) is 28.7 Å². The van der Waals surface area contributed by atoms with Gasteiger partial charge in [-0.25, -0.2) is 0 Å². The number of fused-ring (bicyclic) bond motifs is 1. The molecule has 0 radical (unpaired) electrons. The summed E-state index contributed by atoms with van der Waals surface area (Å²) in [5, 5.41) is 11.6. The molecular weight excluding hydrogens is 272 g/mol. The smallest absolute Gasteiger partial charge is 0.210 e. The minimum Gasteiger partial charge on any atom is -0.505 e. The van der Waals surface area contributed by atoms with Gasteiger partial charge < -0.3 is 5.11 Å². The van der Waals surface area contributed by atoms with Crippen LogP contribution in [-0.2, 0) is 0 Å². The molecule has 0 amide bonds. The van der Waals surface area contributed by atoms with Crippen molar-refractivity contribution >= 4 is 5.76 Å². The van der Waals surface area contributed by atoms with Gasteiger partial charge in [0.05, 0.1) is 11.8 Å². The lowest BCUT2D eigenvalue weighted by molar-refractivity contribution is -0.613. The number of aromatic nitrogens is 2. The molecule has 106 valence electrons. The van der Waals surface area contributed by atoms with Gasteiger partial charge in [-0.15, -0.1) is 4.52 Å². The number of aliphatic hydroxyl groups excluding tert-OH is 1. The second-order valence-corrected chi connectivity index (χ2v) is 5.19. The molecule has 0 unspecified atom stereocenters. The Bertz CT molecular complexity index is 972. The van der Waals surface area contributed by atoms with E-state index < -0.39 is 0 Å². The highest BCUT2D eigenvalue weighted by Crippen LogP contribution is 2.16. The van der Waals surface area contributed by atoms with Crippen LogP contribution in [0.2, 0.25) is 0 Å². The Morgan fingerprint density at radius 2 is 1.55 bits per heavy atom. The molecule has 0 saturated carbocycles. The Morgan fingerprint density at radius 1 is 0.864 bits per heavy atom. The van der Waals surface area contributed by atoms with E-state index in [-0.39, 0.29) is 5.76 Å². The van der Waals surface area contributed by atoms with E-state index in [0.29, 0.717) is 0 Å². The molecule has 3 heteroatoms. The molecule has 22 heavy (non-hydrogen) atoms. The van der Waals surface area contributed by atoms with Crippen molar-refractivity contribution in [3.8, 4) is 11.1 Å². The number of rotatable bonds is 2. The van der Waals surface area contributed by atoms with Crippen molar-refractivity contribution in [1.82, 2.24) is 4.52 Å². The van der Waals surface area contributed by atoms with Gasteiger partial charge in [0.2, 0.25) is 12.4 Å². The predicted molar refractivity (Wildman–Crippen MR) is 85.3 cm³/mol. The lowest BCUT2D eigenvalue weighted by Crippen LogP contribution is -2.29. The van der Waals surface area contributed by atoms with E-state index in [9.17, 15) is 5.11 Å². The summed E-state index contributed by atoms with van der Waals surface area (Å²) < 4.78 is 3.92. The second-order valence-electron chi connectivity index (χ2n) is 5.19. The van der Waals surface area contributed by atoms with Crippen molar-refractivity contribution in [2.45, 2.75) is 0 Å². The lowest BCUT2D eigenvalue weighted by atomic mass is 10.1. The Balaban J connectivity index is 2.10. The van der Waals surface area contributed by atoms with Crippen LogP contribution in [0, 0.1) is 0 Å². The third-order valence-corrected chi connectivity index (χ3v) is 3.82. The van der Waals surface area contributed by atoms with Gasteiger partial charge in [0.25, 0.3) is 0 Å². The molecule has 0 atom stereocenters. The van der Waals surface area contributed by atoms with Crippen molar-refractivity contribution in [1.29, 1.82) is 0 Å². The highest BCUT2D eigenvalue weighted by atomic mass is 16.3. The molecule has 0 spiro atoms. The molecule has 2 heterocycles. The van der Waals surface area contributed by atoms with Gasteiger partial charge in [-0.3, -0.25) is 0 Å². The van der Waals surface area contributed by atoms with Crippen molar-refractivity contribution in [2.24, 2.45) is 0 Å². The van der Waals surface area contributed by atoms with E-state index in [1.165, 1.54) is 0 Å². The average Bonchev–Trinajstić information content (AvgIpc) is 3.16. The first kappa shape index (κ1) is 12.7. The summed E-state index contributed by atoms with van der Waals surface area (Å²) in [6.07, 6.45) is 5.94. The van der Waals surface area contributed by atoms with Crippen LogP contribution in [0.5, 0.6) is 0 Å². The maximum absolute atomic E-state index is 10.8. The quantitative estimate of drug-likeness (QED) is 0.564. The molecule has 3 nitrogen and oxygen atoms in total. The molecule has 0 saturated heterocycles. The first-order valence-electron chi connectivity index (χ1n) is 7.20. The van der Waals surface area contributed by atoms with E-state index in [2.05, 4.69) is 12.1 Å². The third-order valence-electron chi connectivity index (χ3n) is 3.82. The molecule has 2 aromatic carbocycles. The van der Waals surface area contributed by atoms with Crippen molar-refractivity contribution in [3.63, 3.8) is 0 Å². The molecule has 0 fully saturated rings. The molecule has 0 aliphatic heterocycles. The standard InChI is InChI=1S/C19H14N2O/c22-19(16-10-5-2-6-11-16)18-17(15-8-3-1-4-9-15)14-20-12-7-13-21(18)20/h1-14H/p+1. The number of hydrogen-bond donors (Lipinski definition) is 1. The van der Waals surface area contributed by atoms with Crippen LogP contribution in [-0.4, -0.2) is 9.62 Å². The Labute approximate surface area is 128 Å². The molecule has 0 bridgehead atoms. The Hall–Kier alpha value is -3.07. The summed E-state index contributed by atoms with van der Waals surface area (Å²) in [5.74, 6) is 0.276. The zero-order chi connectivity index (χ0) is 14.9. The van der Waals surface area contributed by atoms with Gasteiger partial charge in [-0.1, -0.05) is 65.2 Å². The highest BCUT2D eigenvalue weighted by molar-refractivity contribution is 5.68. The zero-order valence-electron chi connectivity index (χ0n) is 11.9. The Morgan fingerprint density at radius 3 is 2.27 bits per heavy atom. The molecule has 2 aromatic heterocycles. The van der Waals surface area contributed by atoms with Gasteiger partial charge in [-0.2, -0.15) is 0 Å². The van der Waals surface area contributed by atoms with E-state index in [1.54, 1.807) is 0 Å². The Kier molecular flexibility index (Phi) is 2.90. The summed E-state index contributed by atoms with van der Waals surface area (Å²) in [5.41, 5.74) is 2.89. The SMILES string of the molecule is OC(c1ccccc1)=c1c(-c2ccccc2)c[n+]2cccn12. The zero-order valence-corrected chi connectivity index (χ0v) is 11.9. The lowest BCUT2D eigenvalue weighted by Gasteiger charge is -2.00. The molecular formula is C19H15N2O+. The van der Waals surface area contributed by atoms with E-state index in [1.807, 2.05) is 82.2 Å². The maximum atomic E-state index is 10.8. The van der Waals surface area contributed by atoms with Crippen LogP contribution in [0.3, 0.4) is 0 Å². The fourth-order valence-electron chi connectivity index (χ4n) is 2.77.